The monoisotopic (exact) mass is 265 g/mol. The van der Waals surface area contributed by atoms with E-state index in [2.05, 4.69) is 30.6 Å². The van der Waals surface area contributed by atoms with Crippen LogP contribution in [0.5, 0.6) is 5.75 Å². The molecule has 0 aliphatic heterocycles. The Labute approximate surface area is 116 Å². The molecule has 2 unspecified atom stereocenters. The molecule has 1 saturated carbocycles. The first-order chi connectivity index (χ1) is 8.98. The van der Waals surface area contributed by atoms with Crippen molar-refractivity contribution < 1.29 is 4.74 Å². The molecule has 1 aliphatic carbocycles. The lowest BCUT2D eigenvalue weighted by atomic mass is 9.69. The Balaban J connectivity index is 2.35. The first-order valence-electron chi connectivity index (χ1n) is 7.34. The molecule has 0 spiro atoms. The van der Waals surface area contributed by atoms with E-state index >= 15 is 0 Å². The molecule has 4 heteroatoms. The molecule has 1 aromatic heterocycles. The number of ether oxygens (including phenoxy) is 1. The van der Waals surface area contributed by atoms with E-state index in [4.69, 9.17) is 10.5 Å². The molecule has 0 amide bonds. The number of hydrogen-bond acceptors (Lipinski definition) is 3. The van der Waals surface area contributed by atoms with Crippen molar-refractivity contribution in [3.63, 3.8) is 0 Å². The standard InChI is InChI=1S/C15H27N3O/c1-5-8-18-14(13(19-4)10-17-18)11-9-15(2,3)7-6-12(11)16/h10-12H,5-9,16H2,1-4H3. The maximum atomic E-state index is 6.38. The zero-order chi connectivity index (χ0) is 14.0. The second-order valence-corrected chi connectivity index (χ2v) is 6.50. The molecule has 0 radical (unpaired) electrons. The van der Waals surface area contributed by atoms with Crippen LogP contribution in [0.3, 0.4) is 0 Å². The first-order valence-corrected chi connectivity index (χ1v) is 7.34. The number of aromatic nitrogens is 2. The van der Waals surface area contributed by atoms with E-state index < -0.39 is 0 Å². The van der Waals surface area contributed by atoms with Crippen LogP contribution in [-0.4, -0.2) is 22.9 Å². The van der Waals surface area contributed by atoms with Gasteiger partial charge in [0.25, 0.3) is 0 Å². The highest BCUT2D eigenvalue weighted by Crippen LogP contribution is 2.45. The smallest absolute Gasteiger partial charge is 0.160 e. The molecular weight excluding hydrogens is 238 g/mol. The Morgan fingerprint density at radius 1 is 1.53 bits per heavy atom. The molecule has 2 atom stereocenters. The van der Waals surface area contributed by atoms with Crippen LogP contribution >= 0.6 is 0 Å². The van der Waals surface area contributed by atoms with Crippen LogP contribution in [0.1, 0.15) is 58.1 Å². The van der Waals surface area contributed by atoms with Crippen molar-refractivity contribution in [2.75, 3.05) is 7.11 Å². The summed E-state index contributed by atoms with van der Waals surface area (Å²) in [5.41, 5.74) is 7.94. The minimum atomic E-state index is 0.217. The fraction of sp³-hybridized carbons (Fsp3) is 0.800. The highest BCUT2D eigenvalue weighted by Gasteiger charge is 2.37. The quantitative estimate of drug-likeness (QED) is 0.910. The molecular formula is C15H27N3O. The van der Waals surface area contributed by atoms with Gasteiger partial charge in [-0.15, -0.1) is 0 Å². The van der Waals surface area contributed by atoms with Gasteiger partial charge in [-0.3, -0.25) is 4.68 Å². The Morgan fingerprint density at radius 2 is 2.26 bits per heavy atom. The van der Waals surface area contributed by atoms with Gasteiger partial charge in [0.2, 0.25) is 0 Å². The van der Waals surface area contributed by atoms with E-state index in [0.29, 0.717) is 11.3 Å². The molecule has 1 fully saturated rings. The van der Waals surface area contributed by atoms with Gasteiger partial charge in [0, 0.05) is 18.5 Å². The Kier molecular flexibility index (Phi) is 4.19. The zero-order valence-corrected chi connectivity index (χ0v) is 12.6. The molecule has 19 heavy (non-hydrogen) atoms. The first kappa shape index (κ1) is 14.4. The molecule has 1 aliphatic rings. The summed E-state index contributed by atoms with van der Waals surface area (Å²) < 4.78 is 7.59. The van der Waals surface area contributed by atoms with Crippen LogP contribution in [0, 0.1) is 5.41 Å². The summed E-state index contributed by atoms with van der Waals surface area (Å²) in [4.78, 5) is 0. The lowest BCUT2D eigenvalue weighted by Gasteiger charge is -2.39. The van der Waals surface area contributed by atoms with Crippen molar-refractivity contribution in [2.45, 2.75) is 65.0 Å². The highest BCUT2D eigenvalue weighted by atomic mass is 16.5. The van der Waals surface area contributed by atoms with E-state index in [0.717, 1.165) is 31.6 Å². The molecule has 0 aromatic carbocycles. The summed E-state index contributed by atoms with van der Waals surface area (Å²) >= 11 is 0. The van der Waals surface area contributed by atoms with Crippen molar-refractivity contribution in [1.82, 2.24) is 9.78 Å². The number of nitrogens with two attached hydrogens (primary N) is 1. The predicted octanol–water partition coefficient (Wildman–Crippen LogP) is 2.92. The molecule has 1 heterocycles. The number of rotatable bonds is 4. The Morgan fingerprint density at radius 3 is 2.89 bits per heavy atom. The molecule has 2 N–H and O–H groups in total. The van der Waals surface area contributed by atoms with Crippen LogP contribution in [0.2, 0.25) is 0 Å². The minimum absolute atomic E-state index is 0.217. The van der Waals surface area contributed by atoms with Gasteiger partial charge in [-0.2, -0.15) is 5.10 Å². The third-order valence-corrected chi connectivity index (χ3v) is 4.30. The number of methoxy groups -OCH3 is 1. The van der Waals surface area contributed by atoms with E-state index in [9.17, 15) is 0 Å². The van der Waals surface area contributed by atoms with Gasteiger partial charge in [0.15, 0.2) is 5.75 Å². The Hall–Kier alpha value is -1.03. The van der Waals surface area contributed by atoms with Gasteiger partial charge in [-0.05, 0) is 31.1 Å². The van der Waals surface area contributed by atoms with Gasteiger partial charge in [0.05, 0.1) is 19.0 Å². The van der Waals surface area contributed by atoms with Crippen LogP contribution in [0.15, 0.2) is 6.20 Å². The largest absolute Gasteiger partial charge is 0.493 e. The molecule has 108 valence electrons. The van der Waals surface area contributed by atoms with Gasteiger partial charge < -0.3 is 10.5 Å². The maximum Gasteiger partial charge on any atom is 0.160 e. The van der Waals surface area contributed by atoms with Crippen LogP contribution in [0.4, 0.5) is 0 Å². The summed E-state index contributed by atoms with van der Waals surface area (Å²) in [6, 6.07) is 0.217. The van der Waals surface area contributed by atoms with Gasteiger partial charge in [0.1, 0.15) is 0 Å². The van der Waals surface area contributed by atoms with Crippen molar-refractivity contribution >= 4 is 0 Å². The molecule has 0 bridgehead atoms. The number of nitrogens with zero attached hydrogens (tertiary/aromatic N) is 2. The highest BCUT2D eigenvalue weighted by molar-refractivity contribution is 5.31. The van der Waals surface area contributed by atoms with Gasteiger partial charge in [-0.1, -0.05) is 20.8 Å². The van der Waals surface area contributed by atoms with Crippen molar-refractivity contribution in [3.05, 3.63) is 11.9 Å². The predicted molar refractivity (Wildman–Crippen MR) is 77.4 cm³/mol. The maximum absolute atomic E-state index is 6.38. The summed E-state index contributed by atoms with van der Waals surface area (Å²) in [5, 5.41) is 4.47. The van der Waals surface area contributed by atoms with Crippen molar-refractivity contribution in [1.29, 1.82) is 0 Å². The SMILES string of the molecule is CCCn1ncc(OC)c1C1CC(C)(C)CCC1N. The topological polar surface area (TPSA) is 53.1 Å². The van der Waals surface area contributed by atoms with Crippen LogP contribution in [0.25, 0.3) is 0 Å². The molecule has 2 rings (SSSR count). The lowest BCUT2D eigenvalue weighted by Crippen LogP contribution is -2.38. The lowest BCUT2D eigenvalue weighted by molar-refractivity contribution is 0.190. The van der Waals surface area contributed by atoms with E-state index in [1.165, 1.54) is 12.1 Å². The third-order valence-electron chi connectivity index (χ3n) is 4.30. The van der Waals surface area contributed by atoms with E-state index in [1.807, 2.05) is 6.20 Å². The summed E-state index contributed by atoms with van der Waals surface area (Å²) in [7, 11) is 1.72. The number of aryl methyl sites for hydroxylation is 1. The number of hydrogen-bond donors (Lipinski definition) is 1. The second-order valence-electron chi connectivity index (χ2n) is 6.50. The van der Waals surface area contributed by atoms with Crippen LogP contribution in [-0.2, 0) is 6.54 Å². The average Bonchev–Trinajstić information content (AvgIpc) is 2.76. The molecule has 4 nitrogen and oxygen atoms in total. The van der Waals surface area contributed by atoms with E-state index in [-0.39, 0.29) is 6.04 Å². The second kappa shape index (κ2) is 5.53. The van der Waals surface area contributed by atoms with Crippen molar-refractivity contribution in [3.8, 4) is 5.75 Å². The summed E-state index contributed by atoms with van der Waals surface area (Å²) in [6.07, 6.45) is 6.30. The fourth-order valence-corrected chi connectivity index (χ4v) is 3.21. The fourth-order valence-electron chi connectivity index (χ4n) is 3.21. The Bertz CT molecular complexity index is 425. The average molecular weight is 265 g/mol. The zero-order valence-electron chi connectivity index (χ0n) is 12.6. The van der Waals surface area contributed by atoms with Crippen molar-refractivity contribution in [2.24, 2.45) is 11.1 Å². The normalized spacial score (nSPS) is 26.4. The molecule has 1 aromatic rings. The van der Waals surface area contributed by atoms with Crippen LogP contribution < -0.4 is 10.5 Å². The molecule has 0 saturated heterocycles. The van der Waals surface area contributed by atoms with Gasteiger partial charge in [-0.25, -0.2) is 0 Å². The van der Waals surface area contributed by atoms with E-state index in [1.54, 1.807) is 7.11 Å². The third kappa shape index (κ3) is 2.94. The summed E-state index contributed by atoms with van der Waals surface area (Å²) in [5.74, 6) is 1.25. The van der Waals surface area contributed by atoms with Gasteiger partial charge >= 0.3 is 0 Å². The summed E-state index contributed by atoms with van der Waals surface area (Å²) in [6.45, 7) is 7.77. The minimum Gasteiger partial charge on any atom is -0.493 e.